The van der Waals surface area contributed by atoms with Crippen molar-refractivity contribution in [3.63, 3.8) is 0 Å². The molecule has 0 aromatic heterocycles. The lowest BCUT2D eigenvalue weighted by molar-refractivity contribution is 0.0600. The van der Waals surface area contributed by atoms with E-state index in [1.165, 1.54) is 24.7 Å². The molecule has 2 aliphatic rings. The smallest absolute Gasteiger partial charge is 0.337 e. The summed E-state index contributed by atoms with van der Waals surface area (Å²) in [5, 5.41) is 3.79. The van der Waals surface area contributed by atoms with E-state index in [-0.39, 0.29) is 10.7 Å². The Kier molecular flexibility index (Phi) is 5.85. The maximum absolute atomic E-state index is 11.8. The Bertz CT molecular complexity index is 584. The molecule has 1 saturated heterocycles. The number of hydrogen-bond donors (Lipinski definition) is 1. The molecule has 132 valence electrons. The van der Waals surface area contributed by atoms with Crippen molar-refractivity contribution in [3.8, 4) is 0 Å². The SMILES string of the molecule is COC(=O)c1ccc2c(c1)C(NCC1(SC)CCOCC1)CCC2. The molecule has 1 aromatic carbocycles. The van der Waals surface area contributed by atoms with Crippen molar-refractivity contribution in [2.24, 2.45) is 0 Å². The highest BCUT2D eigenvalue weighted by molar-refractivity contribution is 8.00. The molecule has 0 saturated carbocycles. The number of thioether (sulfide) groups is 1. The van der Waals surface area contributed by atoms with E-state index in [1.54, 1.807) is 0 Å². The molecule has 5 heteroatoms. The van der Waals surface area contributed by atoms with Gasteiger partial charge >= 0.3 is 5.97 Å². The normalized spacial score (nSPS) is 22.7. The summed E-state index contributed by atoms with van der Waals surface area (Å²) in [5.74, 6) is -0.257. The van der Waals surface area contributed by atoms with Gasteiger partial charge in [0.15, 0.2) is 0 Å². The molecule has 1 N–H and O–H groups in total. The molecule has 1 aromatic rings. The third-order valence-corrected chi connectivity index (χ3v) is 6.81. The average molecular weight is 349 g/mol. The minimum atomic E-state index is -0.257. The third-order valence-electron chi connectivity index (χ3n) is 5.39. The van der Waals surface area contributed by atoms with Gasteiger partial charge < -0.3 is 14.8 Å². The largest absolute Gasteiger partial charge is 0.465 e. The number of benzene rings is 1. The molecule has 4 nitrogen and oxygen atoms in total. The van der Waals surface area contributed by atoms with Gasteiger partial charge in [0.05, 0.1) is 12.7 Å². The summed E-state index contributed by atoms with van der Waals surface area (Å²) < 4.78 is 10.7. The van der Waals surface area contributed by atoms with Crippen LogP contribution in [-0.4, -0.2) is 43.8 Å². The number of rotatable bonds is 5. The van der Waals surface area contributed by atoms with Gasteiger partial charge in [-0.3, -0.25) is 0 Å². The fourth-order valence-electron chi connectivity index (χ4n) is 3.76. The second-order valence-electron chi connectivity index (χ2n) is 6.73. The van der Waals surface area contributed by atoms with Crippen molar-refractivity contribution < 1.29 is 14.3 Å². The van der Waals surface area contributed by atoms with E-state index in [0.29, 0.717) is 11.6 Å². The Hall–Kier alpha value is -1.04. The first kappa shape index (κ1) is 17.8. The monoisotopic (exact) mass is 349 g/mol. The van der Waals surface area contributed by atoms with Crippen LogP contribution < -0.4 is 5.32 Å². The predicted octanol–water partition coefficient (Wildman–Crippen LogP) is 3.35. The minimum Gasteiger partial charge on any atom is -0.465 e. The van der Waals surface area contributed by atoms with Gasteiger partial charge in [0.1, 0.15) is 0 Å². The molecular formula is C19H27NO3S. The third kappa shape index (κ3) is 3.79. The molecule has 1 aliphatic heterocycles. The second-order valence-corrected chi connectivity index (χ2v) is 8.00. The van der Waals surface area contributed by atoms with Gasteiger partial charge in [-0.25, -0.2) is 4.79 Å². The quantitative estimate of drug-likeness (QED) is 0.826. The van der Waals surface area contributed by atoms with E-state index < -0.39 is 0 Å². The van der Waals surface area contributed by atoms with Gasteiger partial charge in [0.25, 0.3) is 0 Å². The Labute approximate surface area is 148 Å². The van der Waals surface area contributed by atoms with Gasteiger partial charge in [0, 0.05) is 30.5 Å². The molecular weight excluding hydrogens is 322 g/mol. The van der Waals surface area contributed by atoms with Crippen LogP contribution in [0.1, 0.15) is 53.2 Å². The zero-order valence-electron chi connectivity index (χ0n) is 14.6. The molecule has 0 bridgehead atoms. The lowest BCUT2D eigenvalue weighted by Crippen LogP contribution is -2.43. The molecule has 1 heterocycles. The van der Waals surface area contributed by atoms with Crippen LogP contribution in [0.5, 0.6) is 0 Å². The average Bonchev–Trinajstić information content (AvgIpc) is 2.66. The Balaban J connectivity index is 1.75. The predicted molar refractivity (Wildman–Crippen MR) is 97.8 cm³/mol. The van der Waals surface area contributed by atoms with Crippen LogP contribution >= 0.6 is 11.8 Å². The molecule has 1 fully saturated rings. The summed E-state index contributed by atoms with van der Waals surface area (Å²) in [5.41, 5.74) is 3.28. The van der Waals surface area contributed by atoms with E-state index in [2.05, 4.69) is 17.6 Å². The molecule has 0 spiro atoms. The van der Waals surface area contributed by atoms with Crippen molar-refractivity contribution in [2.45, 2.75) is 42.9 Å². The second kappa shape index (κ2) is 7.89. The highest BCUT2D eigenvalue weighted by Crippen LogP contribution is 2.36. The number of nitrogens with one attached hydrogen (secondary N) is 1. The highest BCUT2D eigenvalue weighted by Gasteiger charge is 2.33. The molecule has 3 rings (SSSR count). The van der Waals surface area contributed by atoms with Gasteiger partial charge in [-0.05, 0) is 61.6 Å². The van der Waals surface area contributed by atoms with E-state index in [9.17, 15) is 4.79 Å². The molecule has 1 aliphatic carbocycles. The molecule has 1 atom stereocenters. The van der Waals surface area contributed by atoms with Crippen LogP contribution in [0, 0.1) is 0 Å². The Morgan fingerprint density at radius 2 is 2.21 bits per heavy atom. The molecule has 0 radical (unpaired) electrons. The number of hydrogen-bond acceptors (Lipinski definition) is 5. The molecule has 1 unspecified atom stereocenters. The topological polar surface area (TPSA) is 47.6 Å². The van der Waals surface area contributed by atoms with Gasteiger partial charge in [0.2, 0.25) is 0 Å². The van der Waals surface area contributed by atoms with Crippen molar-refractivity contribution in [2.75, 3.05) is 33.1 Å². The summed E-state index contributed by atoms with van der Waals surface area (Å²) in [4.78, 5) is 11.8. The first-order chi connectivity index (χ1) is 11.7. The van der Waals surface area contributed by atoms with Gasteiger partial charge in [-0.15, -0.1) is 0 Å². The van der Waals surface area contributed by atoms with Crippen molar-refractivity contribution >= 4 is 17.7 Å². The fraction of sp³-hybridized carbons (Fsp3) is 0.632. The maximum Gasteiger partial charge on any atom is 0.337 e. The molecule has 24 heavy (non-hydrogen) atoms. The number of carbonyl (C=O) groups is 1. The summed E-state index contributed by atoms with van der Waals surface area (Å²) in [7, 11) is 1.44. The van der Waals surface area contributed by atoms with Crippen LogP contribution in [0.2, 0.25) is 0 Å². The van der Waals surface area contributed by atoms with Crippen LogP contribution in [0.3, 0.4) is 0 Å². The number of aryl methyl sites for hydroxylation is 1. The van der Waals surface area contributed by atoms with E-state index in [1.807, 2.05) is 23.9 Å². The van der Waals surface area contributed by atoms with Crippen LogP contribution in [0.25, 0.3) is 0 Å². The van der Waals surface area contributed by atoms with Crippen molar-refractivity contribution in [1.82, 2.24) is 5.32 Å². The van der Waals surface area contributed by atoms with E-state index >= 15 is 0 Å². The lowest BCUT2D eigenvalue weighted by atomic mass is 9.86. The van der Waals surface area contributed by atoms with Gasteiger partial charge in [-0.1, -0.05) is 6.07 Å². The highest BCUT2D eigenvalue weighted by atomic mass is 32.2. The number of esters is 1. The summed E-state index contributed by atoms with van der Waals surface area (Å²) >= 11 is 1.96. The Morgan fingerprint density at radius 3 is 2.92 bits per heavy atom. The number of ether oxygens (including phenoxy) is 2. The van der Waals surface area contributed by atoms with Crippen LogP contribution in [-0.2, 0) is 15.9 Å². The standard InChI is InChI=1S/C19H27NO3S/c1-22-18(21)15-7-6-14-4-3-5-17(16(14)12-15)20-13-19(24-2)8-10-23-11-9-19/h6-7,12,17,20H,3-5,8-11,13H2,1-2H3. The number of carbonyl (C=O) groups excluding carboxylic acids is 1. The van der Waals surface area contributed by atoms with E-state index in [4.69, 9.17) is 9.47 Å². The van der Waals surface area contributed by atoms with Crippen LogP contribution in [0.15, 0.2) is 18.2 Å². The van der Waals surface area contributed by atoms with Crippen molar-refractivity contribution in [3.05, 3.63) is 34.9 Å². The molecule has 0 amide bonds. The first-order valence-electron chi connectivity index (χ1n) is 8.75. The Morgan fingerprint density at radius 1 is 1.42 bits per heavy atom. The zero-order chi connectivity index (χ0) is 17.0. The summed E-state index contributed by atoms with van der Waals surface area (Å²) in [6.45, 7) is 2.70. The number of methoxy groups -OCH3 is 1. The van der Waals surface area contributed by atoms with Crippen molar-refractivity contribution in [1.29, 1.82) is 0 Å². The first-order valence-corrected chi connectivity index (χ1v) is 9.97. The summed E-state index contributed by atoms with van der Waals surface area (Å²) in [6, 6.07) is 6.32. The minimum absolute atomic E-state index is 0.257. The maximum atomic E-state index is 11.8. The summed E-state index contributed by atoms with van der Waals surface area (Å²) in [6.07, 6.45) is 7.82. The van der Waals surface area contributed by atoms with E-state index in [0.717, 1.165) is 45.4 Å². The lowest BCUT2D eigenvalue weighted by Gasteiger charge is -2.38. The fourth-order valence-corrected chi connectivity index (χ4v) is 4.56. The zero-order valence-corrected chi connectivity index (χ0v) is 15.4. The van der Waals surface area contributed by atoms with Crippen LogP contribution in [0.4, 0.5) is 0 Å². The van der Waals surface area contributed by atoms with Gasteiger partial charge in [-0.2, -0.15) is 11.8 Å². The number of fused-ring (bicyclic) bond motifs is 1.